The Balaban J connectivity index is 1.71. The van der Waals surface area contributed by atoms with Crippen LogP contribution in [0, 0.1) is 6.92 Å². The summed E-state index contributed by atoms with van der Waals surface area (Å²) in [5.74, 6) is 0.543. The number of hydrogen-bond acceptors (Lipinski definition) is 5. The topological polar surface area (TPSA) is 47.3 Å². The molecule has 0 saturated carbocycles. The van der Waals surface area contributed by atoms with Crippen molar-refractivity contribution in [2.45, 2.75) is 6.92 Å². The van der Waals surface area contributed by atoms with Gasteiger partial charge in [-0.1, -0.05) is 47.7 Å². The molecule has 4 aromatic rings. The second-order valence-corrected chi connectivity index (χ2v) is 7.25. The average molecular weight is 351 g/mol. The van der Waals surface area contributed by atoms with Crippen LogP contribution in [0.2, 0.25) is 0 Å². The van der Waals surface area contributed by atoms with Gasteiger partial charge in [0.15, 0.2) is 5.82 Å². The van der Waals surface area contributed by atoms with E-state index in [1.54, 1.807) is 11.3 Å². The van der Waals surface area contributed by atoms with Crippen LogP contribution in [-0.2, 0) is 0 Å². The van der Waals surface area contributed by atoms with Crippen LogP contribution in [0.15, 0.2) is 46.6 Å². The summed E-state index contributed by atoms with van der Waals surface area (Å²) in [6.45, 7) is 2.04. The van der Waals surface area contributed by atoms with E-state index in [0.717, 1.165) is 10.4 Å². The SMILES string of the molecule is Cc1ccsc1/C=c1/sc2nc(/C=C/c3ccccc3)nn2c1=O. The van der Waals surface area contributed by atoms with Gasteiger partial charge in [-0.05, 0) is 41.6 Å². The highest BCUT2D eigenvalue weighted by Crippen LogP contribution is 2.16. The molecule has 6 heteroatoms. The highest BCUT2D eigenvalue weighted by Gasteiger charge is 2.09. The summed E-state index contributed by atoms with van der Waals surface area (Å²) in [4.78, 5) is 18.6. The first-order chi connectivity index (χ1) is 11.7. The number of benzene rings is 1. The van der Waals surface area contributed by atoms with E-state index in [1.807, 2.05) is 66.9 Å². The fourth-order valence-electron chi connectivity index (χ4n) is 2.31. The highest BCUT2D eigenvalue weighted by atomic mass is 32.1. The van der Waals surface area contributed by atoms with E-state index in [4.69, 9.17) is 0 Å². The molecule has 1 aromatic carbocycles. The van der Waals surface area contributed by atoms with Crippen LogP contribution < -0.4 is 10.1 Å². The summed E-state index contributed by atoms with van der Waals surface area (Å²) in [6, 6.07) is 12.0. The van der Waals surface area contributed by atoms with Gasteiger partial charge in [0.1, 0.15) is 0 Å². The summed E-state index contributed by atoms with van der Waals surface area (Å²) in [6.07, 6.45) is 5.68. The second-order valence-electron chi connectivity index (χ2n) is 5.29. The van der Waals surface area contributed by atoms with Crippen LogP contribution in [0.25, 0.3) is 23.2 Å². The molecule has 0 fully saturated rings. The van der Waals surface area contributed by atoms with Crippen molar-refractivity contribution in [2.24, 2.45) is 0 Å². The molecule has 0 aliphatic carbocycles. The normalized spacial score (nSPS) is 12.6. The maximum Gasteiger partial charge on any atom is 0.291 e. The Morgan fingerprint density at radius 2 is 1.96 bits per heavy atom. The van der Waals surface area contributed by atoms with Gasteiger partial charge in [-0.3, -0.25) is 4.79 Å². The largest absolute Gasteiger partial charge is 0.291 e. The predicted octanol–water partition coefficient (Wildman–Crippen LogP) is 3.24. The molecule has 0 amide bonds. The Morgan fingerprint density at radius 3 is 2.67 bits per heavy atom. The molecule has 4 rings (SSSR count). The van der Waals surface area contributed by atoms with E-state index in [9.17, 15) is 4.79 Å². The Morgan fingerprint density at radius 1 is 1.12 bits per heavy atom. The van der Waals surface area contributed by atoms with E-state index in [1.165, 1.54) is 21.4 Å². The van der Waals surface area contributed by atoms with Gasteiger partial charge >= 0.3 is 0 Å². The smallest absolute Gasteiger partial charge is 0.266 e. The number of rotatable bonds is 3. The van der Waals surface area contributed by atoms with E-state index >= 15 is 0 Å². The van der Waals surface area contributed by atoms with Gasteiger partial charge < -0.3 is 0 Å². The van der Waals surface area contributed by atoms with E-state index in [-0.39, 0.29) is 5.56 Å². The van der Waals surface area contributed by atoms with Crippen LogP contribution >= 0.6 is 22.7 Å². The maximum absolute atomic E-state index is 12.5. The quantitative estimate of drug-likeness (QED) is 0.569. The summed E-state index contributed by atoms with van der Waals surface area (Å²) in [5.41, 5.74) is 2.12. The summed E-state index contributed by atoms with van der Waals surface area (Å²) in [7, 11) is 0. The lowest BCUT2D eigenvalue weighted by atomic mass is 10.2. The van der Waals surface area contributed by atoms with Crippen molar-refractivity contribution in [1.29, 1.82) is 0 Å². The zero-order valence-electron chi connectivity index (χ0n) is 12.8. The number of aryl methyl sites for hydroxylation is 1. The molecular weight excluding hydrogens is 338 g/mol. The van der Waals surface area contributed by atoms with Crippen molar-refractivity contribution >= 4 is 45.9 Å². The van der Waals surface area contributed by atoms with E-state index in [0.29, 0.717) is 15.3 Å². The Hall–Kier alpha value is -2.57. The van der Waals surface area contributed by atoms with E-state index in [2.05, 4.69) is 10.1 Å². The molecule has 118 valence electrons. The van der Waals surface area contributed by atoms with Gasteiger partial charge in [0.05, 0.1) is 4.53 Å². The first kappa shape index (κ1) is 15.0. The van der Waals surface area contributed by atoms with Gasteiger partial charge in [0, 0.05) is 4.88 Å². The highest BCUT2D eigenvalue weighted by molar-refractivity contribution is 7.15. The fraction of sp³-hybridized carbons (Fsp3) is 0.0556. The molecule has 3 aromatic heterocycles. The Bertz CT molecular complexity index is 1140. The molecular formula is C18H13N3OS2. The minimum absolute atomic E-state index is 0.116. The summed E-state index contributed by atoms with van der Waals surface area (Å²) in [5, 5.41) is 6.32. The molecule has 3 heterocycles. The molecule has 0 bridgehead atoms. The number of thiazole rings is 1. The monoisotopic (exact) mass is 351 g/mol. The Labute approximate surface area is 146 Å². The third-order valence-corrected chi connectivity index (χ3v) is 5.51. The van der Waals surface area contributed by atoms with Crippen molar-refractivity contribution in [3.05, 3.63) is 78.5 Å². The van der Waals surface area contributed by atoms with Gasteiger partial charge in [-0.2, -0.15) is 9.50 Å². The van der Waals surface area contributed by atoms with Crippen molar-refractivity contribution in [1.82, 2.24) is 14.6 Å². The predicted molar refractivity (Wildman–Crippen MR) is 100 cm³/mol. The lowest BCUT2D eigenvalue weighted by Gasteiger charge is -1.89. The average Bonchev–Trinajstić information content (AvgIpc) is 3.25. The minimum Gasteiger partial charge on any atom is -0.266 e. The van der Waals surface area contributed by atoms with Gasteiger partial charge in [-0.15, -0.1) is 16.4 Å². The molecule has 4 nitrogen and oxygen atoms in total. The summed E-state index contributed by atoms with van der Waals surface area (Å²) < 4.78 is 2.04. The van der Waals surface area contributed by atoms with Crippen LogP contribution in [0.1, 0.15) is 21.8 Å². The molecule has 24 heavy (non-hydrogen) atoms. The fourth-order valence-corrected chi connectivity index (χ4v) is 4.14. The third-order valence-electron chi connectivity index (χ3n) is 3.59. The first-order valence-corrected chi connectivity index (χ1v) is 9.09. The molecule has 0 saturated heterocycles. The lowest BCUT2D eigenvalue weighted by molar-refractivity contribution is 0.925. The second kappa shape index (κ2) is 6.14. The minimum atomic E-state index is -0.116. The number of hydrogen-bond donors (Lipinski definition) is 0. The number of aromatic nitrogens is 3. The lowest BCUT2D eigenvalue weighted by Crippen LogP contribution is -2.23. The molecule has 0 spiro atoms. The van der Waals surface area contributed by atoms with E-state index < -0.39 is 0 Å². The molecule has 0 N–H and O–H groups in total. The number of nitrogens with zero attached hydrogens (tertiary/aromatic N) is 3. The first-order valence-electron chi connectivity index (χ1n) is 7.39. The van der Waals surface area contributed by atoms with Crippen LogP contribution in [-0.4, -0.2) is 14.6 Å². The Kier molecular flexibility index (Phi) is 3.84. The number of thiophene rings is 1. The standard InChI is InChI=1S/C18H13N3OS2/c1-12-9-10-23-14(12)11-15-17(22)21-18(24-15)19-16(20-21)8-7-13-5-3-2-4-6-13/h2-11H,1H3/b8-7+,15-11+. The van der Waals surface area contributed by atoms with Crippen molar-refractivity contribution in [3.8, 4) is 0 Å². The number of fused-ring (bicyclic) bond motifs is 1. The zero-order chi connectivity index (χ0) is 16.5. The molecule has 0 aliphatic heterocycles. The van der Waals surface area contributed by atoms with Crippen LogP contribution in [0.3, 0.4) is 0 Å². The zero-order valence-corrected chi connectivity index (χ0v) is 14.5. The maximum atomic E-state index is 12.5. The summed E-state index contributed by atoms with van der Waals surface area (Å²) >= 11 is 2.99. The van der Waals surface area contributed by atoms with Gasteiger partial charge in [0.25, 0.3) is 5.56 Å². The van der Waals surface area contributed by atoms with Gasteiger partial charge in [0.2, 0.25) is 4.96 Å². The molecule has 0 atom stereocenters. The van der Waals surface area contributed by atoms with Gasteiger partial charge in [-0.25, -0.2) is 0 Å². The van der Waals surface area contributed by atoms with Crippen LogP contribution in [0.4, 0.5) is 0 Å². The van der Waals surface area contributed by atoms with Crippen molar-refractivity contribution in [2.75, 3.05) is 0 Å². The third kappa shape index (κ3) is 2.81. The van der Waals surface area contributed by atoms with Crippen LogP contribution in [0.5, 0.6) is 0 Å². The molecule has 0 aliphatic rings. The molecule has 0 radical (unpaired) electrons. The van der Waals surface area contributed by atoms with Crippen molar-refractivity contribution < 1.29 is 0 Å². The molecule has 0 unspecified atom stereocenters. The van der Waals surface area contributed by atoms with Crippen molar-refractivity contribution in [3.63, 3.8) is 0 Å².